The molecule has 136 valence electrons. The fraction of sp³-hybridized carbons (Fsp3) is 0.421. The van der Waals surface area contributed by atoms with Crippen molar-refractivity contribution in [1.29, 1.82) is 0 Å². The van der Waals surface area contributed by atoms with Crippen LogP contribution in [0.5, 0.6) is 0 Å². The molecule has 2 saturated heterocycles. The monoisotopic (exact) mass is 354 g/mol. The van der Waals surface area contributed by atoms with Gasteiger partial charge in [-0.25, -0.2) is 4.79 Å². The Bertz CT molecular complexity index is 860. The summed E-state index contributed by atoms with van der Waals surface area (Å²) in [4.78, 5) is 28.7. The molecule has 1 N–H and O–H groups in total. The highest BCUT2D eigenvalue weighted by Gasteiger charge is 2.33. The van der Waals surface area contributed by atoms with Crippen molar-refractivity contribution < 1.29 is 14.1 Å². The van der Waals surface area contributed by atoms with Crippen LogP contribution < -0.4 is 10.2 Å². The van der Waals surface area contributed by atoms with Crippen molar-refractivity contribution in [2.45, 2.75) is 32.7 Å². The zero-order valence-corrected chi connectivity index (χ0v) is 15.0. The lowest BCUT2D eigenvalue weighted by molar-refractivity contribution is 0.0714. The zero-order chi connectivity index (χ0) is 18.3. The average Bonchev–Trinajstić information content (AvgIpc) is 3.35. The van der Waals surface area contributed by atoms with Crippen LogP contribution in [-0.2, 0) is 0 Å². The third-order valence-electron chi connectivity index (χ3n) is 5.09. The van der Waals surface area contributed by atoms with Crippen LogP contribution in [0.15, 0.2) is 28.8 Å². The van der Waals surface area contributed by atoms with E-state index in [0.717, 1.165) is 35.5 Å². The van der Waals surface area contributed by atoms with E-state index in [0.29, 0.717) is 25.2 Å². The van der Waals surface area contributed by atoms with E-state index in [1.807, 2.05) is 43.0 Å². The molecule has 1 aromatic carbocycles. The summed E-state index contributed by atoms with van der Waals surface area (Å²) in [5, 5.41) is 6.75. The van der Waals surface area contributed by atoms with Crippen LogP contribution in [0.3, 0.4) is 0 Å². The first kappa shape index (κ1) is 16.6. The normalized spacial score (nSPS) is 19.9. The van der Waals surface area contributed by atoms with Crippen molar-refractivity contribution in [2.24, 2.45) is 0 Å². The summed E-state index contributed by atoms with van der Waals surface area (Å²) < 4.78 is 5.40. The molecule has 0 aliphatic carbocycles. The van der Waals surface area contributed by atoms with Crippen molar-refractivity contribution in [3.8, 4) is 0 Å². The third kappa shape index (κ3) is 2.83. The smallest absolute Gasteiger partial charge is 0.322 e. The number of hydrogen-bond donors (Lipinski definition) is 1. The van der Waals surface area contributed by atoms with Crippen LogP contribution >= 0.6 is 0 Å². The minimum absolute atomic E-state index is 0.0394. The van der Waals surface area contributed by atoms with Gasteiger partial charge in [0.15, 0.2) is 5.76 Å². The third-order valence-corrected chi connectivity index (χ3v) is 5.09. The molecule has 2 aliphatic rings. The van der Waals surface area contributed by atoms with Gasteiger partial charge < -0.3 is 14.7 Å². The zero-order valence-electron chi connectivity index (χ0n) is 15.0. The number of likely N-dealkylation sites (tertiary alicyclic amines) is 1. The van der Waals surface area contributed by atoms with Gasteiger partial charge in [0.2, 0.25) is 0 Å². The van der Waals surface area contributed by atoms with Gasteiger partial charge in [0.25, 0.3) is 5.91 Å². The van der Waals surface area contributed by atoms with Gasteiger partial charge in [-0.1, -0.05) is 11.2 Å². The summed E-state index contributed by atoms with van der Waals surface area (Å²) in [5.74, 6) is 0.696. The van der Waals surface area contributed by atoms with Gasteiger partial charge in [0, 0.05) is 37.0 Å². The summed E-state index contributed by atoms with van der Waals surface area (Å²) in [5.41, 5.74) is 3.17. The van der Waals surface area contributed by atoms with E-state index in [1.54, 1.807) is 4.90 Å². The Morgan fingerprint density at radius 2 is 2.12 bits per heavy atom. The maximum atomic E-state index is 13.1. The molecule has 1 atom stereocenters. The van der Waals surface area contributed by atoms with Gasteiger partial charge >= 0.3 is 6.03 Å². The first-order chi connectivity index (χ1) is 12.5. The van der Waals surface area contributed by atoms with Crippen LogP contribution in [-0.4, -0.2) is 41.6 Å². The predicted octanol–water partition coefficient (Wildman–Crippen LogP) is 2.80. The molecular formula is C19H22N4O3. The number of carbonyl (C=O) groups excluding carboxylic acids is 2. The molecule has 2 aliphatic heterocycles. The highest BCUT2D eigenvalue weighted by atomic mass is 16.5. The second-order valence-electron chi connectivity index (χ2n) is 6.91. The fourth-order valence-electron chi connectivity index (χ4n) is 3.75. The molecular weight excluding hydrogens is 332 g/mol. The molecule has 0 saturated carbocycles. The number of aryl methyl sites for hydroxylation is 2. The van der Waals surface area contributed by atoms with E-state index in [9.17, 15) is 9.59 Å². The molecule has 0 spiro atoms. The Labute approximate surface area is 151 Å². The van der Waals surface area contributed by atoms with E-state index in [-0.39, 0.29) is 18.0 Å². The summed E-state index contributed by atoms with van der Waals surface area (Å²) >= 11 is 0. The molecule has 26 heavy (non-hydrogen) atoms. The molecule has 2 fully saturated rings. The summed E-state index contributed by atoms with van der Waals surface area (Å²) in [6.07, 6.45) is 1.80. The minimum Gasteiger partial charge on any atom is -0.359 e. The lowest BCUT2D eigenvalue weighted by atomic mass is 10.1. The number of rotatable bonds is 3. The van der Waals surface area contributed by atoms with Crippen LogP contribution in [0.25, 0.3) is 0 Å². The standard InChI is InChI=1S/C19H22N4O3/c1-12-5-6-14(11-16(12)23-9-7-20-19(23)25)18(24)22-8-3-4-15(22)17-10-13(2)21-26-17/h5-6,10-11,15H,3-4,7-9H2,1-2H3,(H,20,25). The quantitative estimate of drug-likeness (QED) is 0.919. The average molecular weight is 354 g/mol. The fourth-order valence-corrected chi connectivity index (χ4v) is 3.75. The molecule has 1 aromatic heterocycles. The van der Waals surface area contributed by atoms with Gasteiger partial charge in [0.1, 0.15) is 0 Å². The number of benzene rings is 1. The largest absolute Gasteiger partial charge is 0.359 e. The van der Waals surface area contributed by atoms with Gasteiger partial charge in [-0.05, 0) is 44.4 Å². The molecule has 1 unspecified atom stereocenters. The Morgan fingerprint density at radius 1 is 1.27 bits per heavy atom. The summed E-state index contributed by atoms with van der Waals surface area (Å²) in [7, 11) is 0. The number of urea groups is 1. The number of anilines is 1. The van der Waals surface area contributed by atoms with Gasteiger partial charge in [-0.15, -0.1) is 0 Å². The molecule has 0 radical (unpaired) electrons. The Kier molecular flexibility index (Phi) is 4.14. The Hall–Kier alpha value is -2.83. The van der Waals surface area contributed by atoms with Gasteiger partial charge in [0.05, 0.1) is 11.7 Å². The van der Waals surface area contributed by atoms with Crippen molar-refractivity contribution >= 4 is 17.6 Å². The maximum absolute atomic E-state index is 13.1. The Morgan fingerprint density at radius 3 is 2.81 bits per heavy atom. The first-order valence-electron chi connectivity index (χ1n) is 8.95. The number of nitrogens with zero attached hydrogens (tertiary/aromatic N) is 3. The van der Waals surface area contributed by atoms with Crippen LogP contribution in [0.4, 0.5) is 10.5 Å². The predicted molar refractivity (Wildman–Crippen MR) is 96.2 cm³/mol. The van der Waals surface area contributed by atoms with Gasteiger partial charge in [-0.2, -0.15) is 0 Å². The topological polar surface area (TPSA) is 78.7 Å². The van der Waals surface area contributed by atoms with E-state index in [1.165, 1.54) is 0 Å². The van der Waals surface area contributed by atoms with E-state index < -0.39 is 0 Å². The summed E-state index contributed by atoms with van der Waals surface area (Å²) in [6, 6.07) is 7.25. The molecule has 4 rings (SSSR count). The number of nitrogens with one attached hydrogen (secondary N) is 1. The second kappa shape index (κ2) is 6.48. The van der Waals surface area contributed by atoms with Crippen LogP contribution in [0, 0.1) is 13.8 Å². The highest BCUT2D eigenvalue weighted by Crippen LogP contribution is 2.34. The molecule has 2 aromatic rings. The number of amides is 3. The van der Waals surface area contributed by atoms with E-state index >= 15 is 0 Å². The van der Waals surface area contributed by atoms with Crippen LogP contribution in [0.2, 0.25) is 0 Å². The minimum atomic E-state index is -0.117. The molecule has 0 bridgehead atoms. The first-order valence-corrected chi connectivity index (χ1v) is 8.95. The van der Waals surface area contributed by atoms with Crippen molar-refractivity contribution in [3.63, 3.8) is 0 Å². The SMILES string of the molecule is Cc1cc(C2CCCN2C(=O)c2ccc(C)c(N3CCNC3=O)c2)on1. The maximum Gasteiger partial charge on any atom is 0.322 e. The lowest BCUT2D eigenvalue weighted by Crippen LogP contribution is -2.31. The summed E-state index contributed by atoms with van der Waals surface area (Å²) in [6.45, 7) is 5.75. The number of aromatic nitrogens is 1. The van der Waals surface area contributed by atoms with Crippen molar-refractivity contribution in [1.82, 2.24) is 15.4 Å². The molecule has 3 amide bonds. The van der Waals surface area contributed by atoms with E-state index in [2.05, 4.69) is 10.5 Å². The molecule has 7 nitrogen and oxygen atoms in total. The second-order valence-corrected chi connectivity index (χ2v) is 6.91. The number of hydrogen-bond acceptors (Lipinski definition) is 4. The van der Waals surface area contributed by atoms with Gasteiger partial charge in [-0.3, -0.25) is 9.69 Å². The van der Waals surface area contributed by atoms with E-state index in [4.69, 9.17) is 4.52 Å². The van der Waals surface area contributed by atoms with Crippen molar-refractivity contribution in [2.75, 3.05) is 24.5 Å². The molecule has 3 heterocycles. The highest BCUT2D eigenvalue weighted by molar-refractivity contribution is 5.99. The van der Waals surface area contributed by atoms with Crippen molar-refractivity contribution in [3.05, 3.63) is 46.8 Å². The Balaban J connectivity index is 1.62. The number of carbonyl (C=O) groups is 2. The van der Waals surface area contributed by atoms with Crippen LogP contribution in [0.1, 0.15) is 46.3 Å². The molecule has 7 heteroatoms. The lowest BCUT2D eigenvalue weighted by Gasteiger charge is -2.24.